The summed E-state index contributed by atoms with van der Waals surface area (Å²) in [5.41, 5.74) is 3.79. The maximum atomic E-state index is 13.5. The minimum absolute atomic E-state index is 0.299. The second kappa shape index (κ2) is 12.3. The highest BCUT2D eigenvalue weighted by molar-refractivity contribution is 7.20. The van der Waals surface area contributed by atoms with Crippen molar-refractivity contribution < 1.29 is 14.3 Å². The second-order valence-corrected chi connectivity index (χ2v) is 9.95. The van der Waals surface area contributed by atoms with Crippen molar-refractivity contribution in [2.75, 3.05) is 19.5 Å². The largest absolute Gasteiger partial charge is 0.453 e. The number of hydrogen-bond acceptors (Lipinski definition) is 7. The Labute approximate surface area is 218 Å². The standard InChI is InChI=1S/C27H28N4O3S2/c1-28-20-12-10-19(11-13-20)15-21(23-17-36-26(30-23)24-9-6-14-35-24)29-25(32)22(31-27(33)34-2)16-18-7-4-3-5-8-18/h3-14,17,21-22,28H,15-16H2,1-2H3,(H,29,32)(H,31,33). The van der Waals surface area contributed by atoms with Crippen LogP contribution < -0.4 is 16.0 Å². The lowest BCUT2D eigenvalue weighted by molar-refractivity contribution is -0.123. The average Bonchev–Trinajstić information content (AvgIpc) is 3.61. The summed E-state index contributed by atoms with van der Waals surface area (Å²) >= 11 is 3.18. The maximum absolute atomic E-state index is 13.5. The van der Waals surface area contributed by atoms with Crippen LogP contribution in [0.4, 0.5) is 10.5 Å². The molecule has 0 fully saturated rings. The zero-order valence-corrected chi connectivity index (χ0v) is 21.7. The molecule has 3 N–H and O–H groups in total. The summed E-state index contributed by atoms with van der Waals surface area (Å²) in [6, 6.07) is 20.5. The molecule has 0 radical (unpaired) electrons. The Morgan fingerprint density at radius 3 is 2.33 bits per heavy atom. The first-order valence-electron chi connectivity index (χ1n) is 11.5. The molecule has 0 saturated heterocycles. The molecule has 0 spiro atoms. The van der Waals surface area contributed by atoms with Gasteiger partial charge in [0.15, 0.2) is 0 Å². The number of benzene rings is 2. The summed E-state index contributed by atoms with van der Waals surface area (Å²) in [4.78, 5) is 31.5. The van der Waals surface area contributed by atoms with E-state index >= 15 is 0 Å². The lowest BCUT2D eigenvalue weighted by Crippen LogP contribution is -2.49. The number of amides is 2. The van der Waals surface area contributed by atoms with E-state index in [1.54, 1.807) is 22.7 Å². The van der Waals surface area contributed by atoms with Crippen molar-refractivity contribution in [3.8, 4) is 9.88 Å². The number of thiophene rings is 1. The highest BCUT2D eigenvalue weighted by Crippen LogP contribution is 2.31. The van der Waals surface area contributed by atoms with Crippen LogP contribution >= 0.6 is 22.7 Å². The fourth-order valence-electron chi connectivity index (χ4n) is 3.76. The van der Waals surface area contributed by atoms with Crippen molar-refractivity contribution in [3.05, 3.63) is 94.3 Å². The number of nitrogens with one attached hydrogen (secondary N) is 3. The predicted molar refractivity (Wildman–Crippen MR) is 145 cm³/mol. The molecule has 2 aromatic carbocycles. The third-order valence-corrected chi connectivity index (χ3v) is 7.59. The molecule has 0 aliphatic heterocycles. The lowest BCUT2D eigenvalue weighted by Gasteiger charge is -2.23. The van der Waals surface area contributed by atoms with E-state index in [4.69, 9.17) is 9.72 Å². The van der Waals surface area contributed by atoms with Gasteiger partial charge in [-0.05, 0) is 41.1 Å². The number of anilines is 1. The van der Waals surface area contributed by atoms with E-state index < -0.39 is 12.1 Å². The Morgan fingerprint density at radius 1 is 0.917 bits per heavy atom. The van der Waals surface area contributed by atoms with Crippen LogP contribution in [0.25, 0.3) is 9.88 Å². The van der Waals surface area contributed by atoms with E-state index in [1.165, 1.54) is 7.11 Å². The molecule has 2 heterocycles. The lowest BCUT2D eigenvalue weighted by atomic mass is 10.0. The quantitative estimate of drug-likeness (QED) is 0.265. The zero-order valence-electron chi connectivity index (χ0n) is 20.1. The van der Waals surface area contributed by atoms with Crippen LogP contribution in [0.1, 0.15) is 22.9 Å². The Balaban J connectivity index is 1.59. The first-order chi connectivity index (χ1) is 17.6. The number of thiazole rings is 1. The van der Waals surface area contributed by atoms with Gasteiger partial charge in [0.25, 0.3) is 0 Å². The van der Waals surface area contributed by atoms with Crippen LogP contribution in [0.15, 0.2) is 77.5 Å². The van der Waals surface area contributed by atoms with Gasteiger partial charge in [-0.15, -0.1) is 22.7 Å². The molecule has 2 atom stereocenters. The normalized spacial score (nSPS) is 12.4. The summed E-state index contributed by atoms with van der Waals surface area (Å²) in [5, 5.41) is 13.9. The van der Waals surface area contributed by atoms with Gasteiger partial charge < -0.3 is 20.7 Å². The van der Waals surface area contributed by atoms with Gasteiger partial charge >= 0.3 is 6.09 Å². The molecule has 186 valence electrons. The van der Waals surface area contributed by atoms with E-state index in [0.717, 1.165) is 32.4 Å². The first kappa shape index (κ1) is 25.4. The number of alkyl carbamates (subject to hydrolysis) is 1. The molecule has 2 aromatic heterocycles. The fourth-order valence-corrected chi connectivity index (χ4v) is 5.45. The van der Waals surface area contributed by atoms with Crippen LogP contribution in [-0.4, -0.2) is 37.2 Å². The monoisotopic (exact) mass is 520 g/mol. The van der Waals surface area contributed by atoms with E-state index in [0.29, 0.717) is 12.8 Å². The summed E-state index contributed by atoms with van der Waals surface area (Å²) in [7, 11) is 3.16. The molecule has 2 amide bonds. The molecule has 0 aliphatic carbocycles. The molecule has 4 aromatic rings. The van der Waals surface area contributed by atoms with Crippen LogP contribution in [-0.2, 0) is 22.4 Å². The first-order valence-corrected chi connectivity index (χ1v) is 13.3. The second-order valence-electron chi connectivity index (χ2n) is 8.15. The van der Waals surface area contributed by atoms with Gasteiger partial charge in [-0.3, -0.25) is 4.79 Å². The van der Waals surface area contributed by atoms with E-state index in [9.17, 15) is 9.59 Å². The maximum Gasteiger partial charge on any atom is 0.407 e. The number of methoxy groups -OCH3 is 1. The Hall–Kier alpha value is -3.69. The molecule has 0 saturated carbocycles. The SMILES string of the molecule is CNc1ccc(CC(NC(=O)C(Cc2ccccc2)NC(=O)OC)c2csc(-c3cccs3)n2)cc1. The highest BCUT2D eigenvalue weighted by Gasteiger charge is 2.26. The fraction of sp³-hybridized carbons (Fsp3) is 0.222. The Morgan fingerprint density at radius 2 is 1.67 bits per heavy atom. The number of carbonyl (C=O) groups excluding carboxylic acids is 2. The van der Waals surface area contributed by atoms with Crippen molar-refractivity contribution >= 4 is 40.4 Å². The van der Waals surface area contributed by atoms with Gasteiger partial charge in [0.05, 0.1) is 23.7 Å². The van der Waals surface area contributed by atoms with Gasteiger partial charge in [0, 0.05) is 24.5 Å². The number of aromatic nitrogens is 1. The van der Waals surface area contributed by atoms with E-state index in [2.05, 4.69) is 16.0 Å². The molecule has 4 rings (SSSR count). The number of hydrogen-bond donors (Lipinski definition) is 3. The van der Waals surface area contributed by atoms with Gasteiger partial charge in [0.1, 0.15) is 11.0 Å². The summed E-state index contributed by atoms with van der Waals surface area (Å²) in [5.74, 6) is -0.299. The van der Waals surface area contributed by atoms with Crippen molar-refractivity contribution in [2.45, 2.75) is 24.9 Å². The third kappa shape index (κ3) is 6.71. The van der Waals surface area contributed by atoms with Crippen molar-refractivity contribution in [2.24, 2.45) is 0 Å². The molecule has 0 aliphatic rings. The minimum atomic E-state index is -0.801. The topological polar surface area (TPSA) is 92.3 Å². The molecular formula is C27H28N4O3S2. The van der Waals surface area contributed by atoms with Crippen LogP contribution in [0.3, 0.4) is 0 Å². The number of rotatable bonds is 10. The molecule has 36 heavy (non-hydrogen) atoms. The van der Waals surface area contributed by atoms with Gasteiger partial charge in [-0.2, -0.15) is 0 Å². The Kier molecular flexibility index (Phi) is 8.70. The van der Waals surface area contributed by atoms with E-state index in [-0.39, 0.29) is 11.9 Å². The van der Waals surface area contributed by atoms with Gasteiger partial charge in [-0.25, -0.2) is 9.78 Å². The van der Waals surface area contributed by atoms with Crippen LogP contribution in [0.5, 0.6) is 0 Å². The minimum Gasteiger partial charge on any atom is -0.453 e. The van der Waals surface area contributed by atoms with Crippen molar-refractivity contribution in [3.63, 3.8) is 0 Å². The highest BCUT2D eigenvalue weighted by atomic mass is 32.1. The van der Waals surface area contributed by atoms with Crippen LogP contribution in [0, 0.1) is 0 Å². The summed E-state index contributed by atoms with van der Waals surface area (Å²) in [6.45, 7) is 0. The molecule has 0 bridgehead atoms. The summed E-state index contributed by atoms with van der Waals surface area (Å²) in [6.07, 6.45) is 0.238. The summed E-state index contributed by atoms with van der Waals surface area (Å²) < 4.78 is 4.77. The van der Waals surface area contributed by atoms with Gasteiger partial charge in [-0.1, -0.05) is 48.5 Å². The van der Waals surface area contributed by atoms with Gasteiger partial charge in [0.2, 0.25) is 5.91 Å². The molecular weight excluding hydrogens is 492 g/mol. The average molecular weight is 521 g/mol. The molecule has 2 unspecified atom stereocenters. The predicted octanol–water partition coefficient (Wildman–Crippen LogP) is 5.28. The molecule has 7 nitrogen and oxygen atoms in total. The zero-order chi connectivity index (χ0) is 25.3. The number of ether oxygens (including phenoxy) is 1. The third-order valence-electron chi connectivity index (χ3n) is 5.69. The Bertz CT molecular complexity index is 1260. The number of carbonyl (C=O) groups is 2. The smallest absolute Gasteiger partial charge is 0.407 e. The van der Waals surface area contributed by atoms with Crippen molar-refractivity contribution in [1.29, 1.82) is 0 Å². The number of nitrogens with zero attached hydrogens (tertiary/aromatic N) is 1. The van der Waals surface area contributed by atoms with Crippen LogP contribution in [0.2, 0.25) is 0 Å². The van der Waals surface area contributed by atoms with Crippen molar-refractivity contribution in [1.82, 2.24) is 15.6 Å². The van der Waals surface area contributed by atoms with E-state index in [1.807, 2.05) is 84.5 Å². The molecule has 9 heteroatoms.